The number of hydrogen-bond acceptors (Lipinski definition) is 3. The average Bonchev–Trinajstić information content (AvgIpc) is 2.41. The molecular weight excluding hydrogens is 216 g/mol. The molecule has 2 heterocycles. The Balaban J connectivity index is 1.69. The van der Waals surface area contributed by atoms with Gasteiger partial charge in [-0.25, -0.2) is 0 Å². The molecule has 0 amide bonds. The quantitative estimate of drug-likeness (QED) is 0.424. The van der Waals surface area contributed by atoms with Crippen molar-refractivity contribution in [2.45, 2.75) is 6.42 Å². The molecule has 0 aromatic heterocycles. The Kier molecular flexibility index (Phi) is 4.82. The second-order valence-corrected chi connectivity index (χ2v) is 4.40. The summed E-state index contributed by atoms with van der Waals surface area (Å²) in [5.41, 5.74) is 5.95. The topological polar surface area (TPSA) is 54.1 Å². The van der Waals surface area contributed by atoms with Crippen molar-refractivity contribution >= 4 is 5.96 Å². The predicted molar refractivity (Wildman–Crippen MR) is 69.1 cm³/mol. The van der Waals surface area contributed by atoms with Crippen LogP contribution in [0.1, 0.15) is 6.42 Å². The number of aliphatic imine (C=N–C) groups is 1. The monoisotopic (exact) mass is 238 g/mol. The van der Waals surface area contributed by atoms with E-state index in [0.717, 1.165) is 58.9 Å². The Labute approximate surface area is 103 Å². The highest BCUT2D eigenvalue weighted by molar-refractivity contribution is 5.78. The Morgan fingerprint density at radius 1 is 1.24 bits per heavy atom. The first-order chi connectivity index (χ1) is 8.36. The third-order valence-corrected chi connectivity index (χ3v) is 3.17. The number of guanidine groups is 1. The van der Waals surface area contributed by atoms with Crippen molar-refractivity contribution in [1.82, 2.24) is 9.80 Å². The maximum atomic E-state index is 5.95. The summed E-state index contributed by atoms with van der Waals surface area (Å²) < 4.78 is 5.28. The Bertz CT molecular complexity index is 284. The smallest absolute Gasteiger partial charge is 0.191 e. The molecule has 0 aliphatic carbocycles. The lowest BCUT2D eigenvalue weighted by Crippen LogP contribution is -2.45. The minimum absolute atomic E-state index is 0.667. The van der Waals surface area contributed by atoms with Crippen LogP contribution < -0.4 is 5.73 Å². The van der Waals surface area contributed by atoms with Crippen LogP contribution in [0.3, 0.4) is 0 Å². The highest BCUT2D eigenvalue weighted by Gasteiger charge is 2.12. The van der Waals surface area contributed by atoms with Crippen molar-refractivity contribution in [3.8, 4) is 0 Å². The van der Waals surface area contributed by atoms with E-state index in [1.165, 1.54) is 0 Å². The molecule has 0 radical (unpaired) electrons. The van der Waals surface area contributed by atoms with Gasteiger partial charge in [0, 0.05) is 32.7 Å². The minimum atomic E-state index is 0.667. The van der Waals surface area contributed by atoms with Crippen molar-refractivity contribution in [2.24, 2.45) is 10.7 Å². The first-order valence-electron chi connectivity index (χ1n) is 6.36. The van der Waals surface area contributed by atoms with Crippen LogP contribution in [-0.4, -0.2) is 68.2 Å². The third-order valence-electron chi connectivity index (χ3n) is 3.17. The van der Waals surface area contributed by atoms with Gasteiger partial charge >= 0.3 is 0 Å². The number of hydrogen-bond donors (Lipinski definition) is 1. The lowest BCUT2D eigenvalue weighted by molar-refractivity contribution is 0.0674. The van der Waals surface area contributed by atoms with E-state index in [2.05, 4.69) is 26.9 Å². The van der Waals surface area contributed by atoms with Crippen molar-refractivity contribution in [3.05, 3.63) is 12.2 Å². The molecule has 2 aliphatic rings. The Morgan fingerprint density at radius 3 is 2.76 bits per heavy atom. The summed E-state index contributed by atoms with van der Waals surface area (Å²) in [4.78, 5) is 8.94. The van der Waals surface area contributed by atoms with Gasteiger partial charge in [-0.15, -0.1) is 0 Å². The first-order valence-corrected chi connectivity index (χ1v) is 6.36. The van der Waals surface area contributed by atoms with Crippen molar-refractivity contribution in [3.63, 3.8) is 0 Å². The van der Waals surface area contributed by atoms with Crippen LogP contribution in [-0.2, 0) is 4.74 Å². The molecule has 17 heavy (non-hydrogen) atoms. The zero-order valence-corrected chi connectivity index (χ0v) is 10.3. The molecule has 2 N–H and O–H groups in total. The van der Waals surface area contributed by atoms with Gasteiger partial charge in [0.2, 0.25) is 0 Å². The molecule has 0 bridgehead atoms. The van der Waals surface area contributed by atoms with Crippen molar-refractivity contribution in [1.29, 1.82) is 0 Å². The van der Waals surface area contributed by atoms with Gasteiger partial charge in [-0.05, 0) is 6.42 Å². The number of rotatable bonds is 3. The van der Waals surface area contributed by atoms with Crippen molar-refractivity contribution in [2.75, 3.05) is 52.5 Å². The van der Waals surface area contributed by atoms with Gasteiger partial charge in [-0.2, -0.15) is 0 Å². The third kappa shape index (κ3) is 4.02. The molecule has 0 spiro atoms. The molecule has 96 valence electrons. The lowest BCUT2D eigenvalue weighted by atomic mass is 10.2. The molecule has 5 nitrogen and oxygen atoms in total. The molecule has 0 atom stereocenters. The van der Waals surface area contributed by atoms with Gasteiger partial charge in [0.15, 0.2) is 5.96 Å². The average molecular weight is 238 g/mol. The molecule has 1 saturated heterocycles. The predicted octanol–water partition coefficient (Wildman–Crippen LogP) is -0.105. The second-order valence-electron chi connectivity index (χ2n) is 4.40. The van der Waals surface area contributed by atoms with Crippen LogP contribution in [0, 0.1) is 0 Å². The standard InChI is InChI=1S/C12H22N4O/c13-12(16-8-10-17-11-9-16)14-4-7-15-5-2-1-3-6-15/h1-2H,3-11H2,(H2,13,14). The van der Waals surface area contributed by atoms with Gasteiger partial charge in [-0.1, -0.05) is 12.2 Å². The summed E-state index contributed by atoms with van der Waals surface area (Å²) in [6, 6.07) is 0. The van der Waals surface area contributed by atoms with Crippen LogP contribution in [0.25, 0.3) is 0 Å². The van der Waals surface area contributed by atoms with Gasteiger partial charge < -0.3 is 15.4 Å². The fourth-order valence-corrected chi connectivity index (χ4v) is 2.09. The highest BCUT2D eigenvalue weighted by Crippen LogP contribution is 2.00. The lowest BCUT2D eigenvalue weighted by Gasteiger charge is -2.28. The number of nitrogens with two attached hydrogens (primary N) is 1. The fourth-order valence-electron chi connectivity index (χ4n) is 2.09. The summed E-state index contributed by atoms with van der Waals surface area (Å²) in [7, 11) is 0. The highest BCUT2D eigenvalue weighted by atomic mass is 16.5. The molecule has 0 aromatic carbocycles. The van der Waals surface area contributed by atoms with E-state index in [9.17, 15) is 0 Å². The zero-order valence-electron chi connectivity index (χ0n) is 10.3. The Hall–Kier alpha value is -1.07. The summed E-state index contributed by atoms with van der Waals surface area (Å²) in [6.45, 7) is 7.21. The maximum Gasteiger partial charge on any atom is 0.191 e. The van der Waals surface area contributed by atoms with Crippen LogP contribution in [0.2, 0.25) is 0 Å². The van der Waals surface area contributed by atoms with Crippen LogP contribution in [0.5, 0.6) is 0 Å². The molecule has 2 rings (SSSR count). The molecular formula is C12H22N4O. The fraction of sp³-hybridized carbons (Fsp3) is 0.750. The van der Waals surface area contributed by atoms with Crippen LogP contribution in [0.15, 0.2) is 17.1 Å². The molecule has 0 aromatic rings. The summed E-state index contributed by atoms with van der Waals surface area (Å²) in [5.74, 6) is 0.667. The molecule has 0 saturated carbocycles. The van der Waals surface area contributed by atoms with E-state index in [1.54, 1.807) is 0 Å². The molecule has 2 aliphatic heterocycles. The Morgan fingerprint density at radius 2 is 2.06 bits per heavy atom. The molecule has 0 unspecified atom stereocenters. The van der Waals surface area contributed by atoms with Gasteiger partial charge in [0.1, 0.15) is 0 Å². The van der Waals surface area contributed by atoms with E-state index in [4.69, 9.17) is 10.5 Å². The van der Waals surface area contributed by atoms with E-state index in [0.29, 0.717) is 5.96 Å². The number of morpholine rings is 1. The second kappa shape index (κ2) is 6.61. The van der Waals surface area contributed by atoms with Crippen LogP contribution >= 0.6 is 0 Å². The van der Waals surface area contributed by atoms with Gasteiger partial charge in [0.25, 0.3) is 0 Å². The SMILES string of the molecule is NC(=NCCN1CC=CCC1)N1CCOCC1. The van der Waals surface area contributed by atoms with E-state index in [-0.39, 0.29) is 0 Å². The number of ether oxygens (including phenoxy) is 1. The minimum Gasteiger partial charge on any atom is -0.378 e. The molecule has 1 fully saturated rings. The van der Waals surface area contributed by atoms with E-state index >= 15 is 0 Å². The van der Waals surface area contributed by atoms with Gasteiger partial charge in [0.05, 0.1) is 19.8 Å². The summed E-state index contributed by atoms with van der Waals surface area (Å²) in [6.07, 6.45) is 5.61. The van der Waals surface area contributed by atoms with E-state index in [1.807, 2.05) is 0 Å². The first kappa shape index (κ1) is 12.4. The molecule has 5 heteroatoms. The summed E-state index contributed by atoms with van der Waals surface area (Å²) in [5, 5.41) is 0. The normalized spacial score (nSPS) is 23.1. The van der Waals surface area contributed by atoms with Crippen molar-refractivity contribution < 1.29 is 4.74 Å². The van der Waals surface area contributed by atoms with Crippen LogP contribution in [0.4, 0.5) is 0 Å². The van der Waals surface area contributed by atoms with Gasteiger partial charge in [-0.3, -0.25) is 9.89 Å². The van der Waals surface area contributed by atoms with E-state index < -0.39 is 0 Å². The number of nitrogens with zero attached hydrogens (tertiary/aromatic N) is 3. The maximum absolute atomic E-state index is 5.95. The zero-order chi connectivity index (χ0) is 11.9. The summed E-state index contributed by atoms with van der Waals surface area (Å²) >= 11 is 0. The largest absolute Gasteiger partial charge is 0.378 e.